The van der Waals surface area contributed by atoms with E-state index < -0.39 is 0 Å². The van der Waals surface area contributed by atoms with Gasteiger partial charge in [-0.2, -0.15) is 5.26 Å². The Kier molecular flexibility index (Phi) is 7.79. The van der Waals surface area contributed by atoms with E-state index >= 15 is 0 Å². The molecule has 1 saturated heterocycles. The van der Waals surface area contributed by atoms with Crippen molar-refractivity contribution in [3.63, 3.8) is 0 Å². The molecule has 0 atom stereocenters. The molecule has 0 bridgehead atoms. The maximum absolute atomic E-state index is 12.0. The molecule has 1 fully saturated rings. The fraction of sp³-hybridized carbons (Fsp3) is 0.474. The van der Waals surface area contributed by atoms with Gasteiger partial charge in [0.1, 0.15) is 11.6 Å². The van der Waals surface area contributed by atoms with Gasteiger partial charge in [0.05, 0.1) is 0 Å². The van der Waals surface area contributed by atoms with Gasteiger partial charge in [0, 0.05) is 44.1 Å². The minimum Gasteiger partial charge on any atom is -0.373 e. The third kappa shape index (κ3) is 5.40. The molecule has 5 nitrogen and oxygen atoms in total. The van der Waals surface area contributed by atoms with E-state index in [1.165, 1.54) is 16.8 Å². The highest BCUT2D eigenvalue weighted by atomic mass is 35.5. The first-order valence-corrected chi connectivity index (χ1v) is 8.40. The van der Waals surface area contributed by atoms with E-state index in [1.807, 2.05) is 19.9 Å². The summed E-state index contributed by atoms with van der Waals surface area (Å²) in [5.74, 6) is -0.301. The van der Waals surface area contributed by atoms with Gasteiger partial charge in [-0.1, -0.05) is 12.1 Å². The normalized spacial score (nSPS) is 14.8. The Bertz CT molecular complexity index is 670. The van der Waals surface area contributed by atoms with Crippen LogP contribution in [-0.4, -0.2) is 43.0 Å². The van der Waals surface area contributed by atoms with Crippen LogP contribution in [-0.2, 0) is 4.79 Å². The van der Waals surface area contributed by atoms with Crippen LogP contribution in [0.1, 0.15) is 25.0 Å². The van der Waals surface area contributed by atoms with Gasteiger partial charge in [0.15, 0.2) is 0 Å². The lowest BCUT2D eigenvalue weighted by Gasteiger charge is -2.36. The summed E-state index contributed by atoms with van der Waals surface area (Å²) in [6, 6.07) is 8.41. The molecule has 1 aliphatic rings. The SMILES string of the molecule is Cc1cccc(N2CCN(/C=C(/C#N)C(=O)NC(C)C)CC2)c1C.Cl. The Morgan fingerprint density at radius 1 is 1.24 bits per heavy atom. The lowest BCUT2D eigenvalue weighted by Crippen LogP contribution is -2.45. The number of amides is 1. The summed E-state index contributed by atoms with van der Waals surface area (Å²) < 4.78 is 0. The number of halogens is 1. The molecular weight excluding hydrogens is 336 g/mol. The summed E-state index contributed by atoms with van der Waals surface area (Å²) in [5.41, 5.74) is 4.06. The number of nitrogens with zero attached hydrogens (tertiary/aromatic N) is 3. The van der Waals surface area contributed by atoms with Crippen molar-refractivity contribution in [1.82, 2.24) is 10.2 Å². The third-order valence-electron chi connectivity index (χ3n) is 4.33. The van der Waals surface area contributed by atoms with Gasteiger partial charge in [0.2, 0.25) is 0 Å². The Balaban J connectivity index is 0.00000312. The van der Waals surface area contributed by atoms with Crippen molar-refractivity contribution in [3.8, 4) is 6.07 Å². The summed E-state index contributed by atoms with van der Waals surface area (Å²) in [5, 5.41) is 12.0. The zero-order valence-electron chi connectivity index (χ0n) is 15.4. The highest BCUT2D eigenvalue weighted by molar-refractivity contribution is 5.97. The molecule has 1 amide bonds. The number of carbonyl (C=O) groups is 1. The maximum atomic E-state index is 12.0. The fourth-order valence-corrected chi connectivity index (χ4v) is 2.83. The van der Waals surface area contributed by atoms with Crippen molar-refractivity contribution >= 4 is 24.0 Å². The van der Waals surface area contributed by atoms with Gasteiger partial charge in [0.25, 0.3) is 5.91 Å². The minimum atomic E-state index is -0.301. The molecule has 2 rings (SSSR count). The van der Waals surface area contributed by atoms with Crippen molar-refractivity contribution in [2.45, 2.75) is 33.7 Å². The van der Waals surface area contributed by atoms with Gasteiger partial charge in [-0.15, -0.1) is 12.4 Å². The van der Waals surface area contributed by atoms with Crippen molar-refractivity contribution in [1.29, 1.82) is 5.26 Å². The van der Waals surface area contributed by atoms with E-state index in [4.69, 9.17) is 0 Å². The van der Waals surface area contributed by atoms with Gasteiger partial charge in [-0.05, 0) is 44.9 Å². The van der Waals surface area contributed by atoms with E-state index in [0.29, 0.717) is 0 Å². The van der Waals surface area contributed by atoms with Crippen LogP contribution in [0.15, 0.2) is 30.0 Å². The first kappa shape index (κ1) is 20.9. The van der Waals surface area contributed by atoms with Crippen LogP contribution < -0.4 is 10.2 Å². The summed E-state index contributed by atoms with van der Waals surface area (Å²) in [7, 11) is 0. The maximum Gasteiger partial charge on any atom is 0.263 e. The molecular formula is C19H27ClN4O. The number of nitrogens with one attached hydrogen (secondary N) is 1. The second-order valence-electron chi connectivity index (χ2n) is 6.52. The number of carbonyl (C=O) groups excluding carboxylic acids is 1. The zero-order valence-corrected chi connectivity index (χ0v) is 16.2. The predicted octanol–water partition coefficient (Wildman–Crippen LogP) is 2.78. The van der Waals surface area contributed by atoms with Crippen LogP contribution in [0.5, 0.6) is 0 Å². The Labute approximate surface area is 156 Å². The van der Waals surface area contributed by atoms with E-state index in [-0.39, 0.29) is 29.9 Å². The molecule has 1 aromatic rings. The number of hydrogen-bond acceptors (Lipinski definition) is 4. The summed E-state index contributed by atoms with van der Waals surface area (Å²) in [6.07, 6.45) is 1.69. The Morgan fingerprint density at radius 2 is 1.88 bits per heavy atom. The lowest BCUT2D eigenvalue weighted by molar-refractivity contribution is -0.117. The van der Waals surface area contributed by atoms with Crippen LogP contribution in [0.25, 0.3) is 0 Å². The van der Waals surface area contributed by atoms with Crippen LogP contribution in [0.3, 0.4) is 0 Å². The molecule has 0 unspecified atom stereocenters. The number of piperazine rings is 1. The molecule has 0 aromatic heterocycles. The van der Waals surface area contributed by atoms with E-state index in [0.717, 1.165) is 26.2 Å². The average Bonchev–Trinajstić information content (AvgIpc) is 2.55. The number of nitriles is 1. The molecule has 136 valence electrons. The number of aryl methyl sites for hydroxylation is 1. The highest BCUT2D eigenvalue weighted by Crippen LogP contribution is 2.24. The fourth-order valence-electron chi connectivity index (χ4n) is 2.83. The number of rotatable bonds is 4. The third-order valence-corrected chi connectivity index (χ3v) is 4.33. The molecule has 1 aromatic carbocycles. The van der Waals surface area contributed by atoms with Crippen molar-refractivity contribution in [3.05, 3.63) is 41.1 Å². The molecule has 1 aliphatic heterocycles. The summed E-state index contributed by atoms with van der Waals surface area (Å²) >= 11 is 0. The molecule has 0 saturated carbocycles. The minimum absolute atomic E-state index is 0. The molecule has 0 aliphatic carbocycles. The van der Waals surface area contributed by atoms with Crippen LogP contribution >= 0.6 is 12.4 Å². The molecule has 1 heterocycles. The van der Waals surface area contributed by atoms with Crippen LogP contribution in [0.4, 0.5) is 5.69 Å². The van der Waals surface area contributed by atoms with E-state index in [2.05, 4.69) is 47.2 Å². The first-order chi connectivity index (χ1) is 11.4. The number of anilines is 1. The molecule has 6 heteroatoms. The van der Waals surface area contributed by atoms with Crippen LogP contribution in [0, 0.1) is 25.2 Å². The second kappa shape index (κ2) is 9.33. The molecule has 0 radical (unpaired) electrons. The highest BCUT2D eigenvalue weighted by Gasteiger charge is 2.19. The molecule has 0 spiro atoms. The monoisotopic (exact) mass is 362 g/mol. The largest absolute Gasteiger partial charge is 0.373 e. The van der Waals surface area contributed by atoms with Gasteiger partial charge in [-0.3, -0.25) is 4.79 Å². The van der Waals surface area contributed by atoms with Crippen molar-refractivity contribution in [2.75, 3.05) is 31.1 Å². The molecule has 25 heavy (non-hydrogen) atoms. The average molecular weight is 363 g/mol. The summed E-state index contributed by atoms with van der Waals surface area (Å²) in [4.78, 5) is 16.4. The topological polar surface area (TPSA) is 59.4 Å². The lowest BCUT2D eigenvalue weighted by atomic mass is 10.1. The van der Waals surface area contributed by atoms with E-state index in [9.17, 15) is 10.1 Å². The number of hydrogen-bond donors (Lipinski definition) is 1. The van der Waals surface area contributed by atoms with Crippen LogP contribution in [0.2, 0.25) is 0 Å². The smallest absolute Gasteiger partial charge is 0.263 e. The zero-order chi connectivity index (χ0) is 17.7. The molecule has 1 N–H and O–H groups in total. The first-order valence-electron chi connectivity index (χ1n) is 8.40. The quantitative estimate of drug-likeness (QED) is 0.661. The van der Waals surface area contributed by atoms with Crippen molar-refractivity contribution in [2.24, 2.45) is 0 Å². The predicted molar refractivity (Wildman–Crippen MR) is 104 cm³/mol. The van der Waals surface area contributed by atoms with Gasteiger partial charge >= 0.3 is 0 Å². The van der Waals surface area contributed by atoms with E-state index in [1.54, 1.807) is 6.20 Å². The number of benzene rings is 1. The standard InChI is InChI=1S/C19H26N4O.ClH/c1-14(2)21-19(24)17(12-20)13-22-8-10-23(11-9-22)18-7-5-6-15(3)16(18)4;/h5-7,13-14H,8-11H2,1-4H3,(H,21,24);1H/b17-13-;. The Morgan fingerprint density at radius 3 is 2.44 bits per heavy atom. The van der Waals surface area contributed by atoms with Gasteiger partial charge < -0.3 is 15.1 Å². The second-order valence-corrected chi connectivity index (χ2v) is 6.52. The Hall–Kier alpha value is -2.19. The van der Waals surface area contributed by atoms with Crippen molar-refractivity contribution < 1.29 is 4.79 Å². The summed E-state index contributed by atoms with van der Waals surface area (Å²) in [6.45, 7) is 11.4. The van der Waals surface area contributed by atoms with Gasteiger partial charge in [-0.25, -0.2) is 0 Å².